The Hall–Kier alpha value is -1.75. The number of rotatable bonds is 4. The third-order valence-corrected chi connectivity index (χ3v) is 1.75. The Morgan fingerprint density at radius 2 is 2.13 bits per heavy atom. The number of benzene rings is 1. The van der Waals surface area contributed by atoms with Crippen LogP contribution >= 0.6 is 0 Å². The van der Waals surface area contributed by atoms with Crippen molar-refractivity contribution in [3.05, 3.63) is 23.8 Å². The monoisotopic (exact) mass is 211 g/mol. The summed E-state index contributed by atoms with van der Waals surface area (Å²) in [4.78, 5) is 11.5. The van der Waals surface area contributed by atoms with Crippen LogP contribution in [0.1, 0.15) is 10.4 Å². The van der Waals surface area contributed by atoms with Crippen LogP contribution in [0.2, 0.25) is 0 Å². The number of esters is 1. The van der Waals surface area contributed by atoms with Crippen LogP contribution in [0.15, 0.2) is 18.2 Å². The molecule has 15 heavy (non-hydrogen) atoms. The van der Waals surface area contributed by atoms with E-state index in [2.05, 4.69) is 4.74 Å². The number of nitrogen functional groups attached to an aromatic ring is 1. The predicted molar refractivity (Wildman–Crippen MR) is 54.7 cm³/mol. The maximum Gasteiger partial charge on any atom is 0.344 e. The molecule has 0 unspecified atom stereocenters. The molecule has 0 spiro atoms. The van der Waals surface area contributed by atoms with Gasteiger partial charge < -0.3 is 19.9 Å². The molecule has 0 saturated heterocycles. The number of hydrogen-bond donors (Lipinski definition) is 1. The van der Waals surface area contributed by atoms with Crippen molar-refractivity contribution in [1.82, 2.24) is 0 Å². The predicted octanol–water partition coefficient (Wildman–Crippen LogP) is 1.04. The van der Waals surface area contributed by atoms with E-state index in [4.69, 9.17) is 15.2 Å². The first-order valence-electron chi connectivity index (χ1n) is 4.28. The minimum Gasteiger partial charge on any atom is -0.496 e. The van der Waals surface area contributed by atoms with Gasteiger partial charge in [0.1, 0.15) is 11.3 Å². The van der Waals surface area contributed by atoms with E-state index in [0.29, 0.717) is 17.0 Å². The van der Waals surface area contributed by atoms with E-state index < -0.39 is 5.97 Å². The highest BCUT2D eigenvalue weighted by molar-refractivity contribution is 5.93. The van der Waals surface area contributed by atoms with Gasteiger partial charge in [-0.15, -0.1) is 0 Å². The van der Waals surface area contributed by atoms with Crippen LogP contribution in [-0.4, -0.2) is 27.0 Å². The third kappa shape index (κ3) is 2.85. The lowest BCUT2D eigenvalue weighted by Crippen LogP contribution is -2.09. The van der Waals surface area contributed by atoms with Crippen molar-refractivity contribution in [3.8, 4) is 5.75 Å². The van der Waals surface area contributed by atoms with Crippen LogP contribution in [0.5, 0.6) is 5.75 Å². The number of carbonyl (C=O) groups excluding carboxylic acids is 1. The lowest BCUT2D eigenvalue weighted by atomic mass is 10.2. The average Bonchev–Trinajstić information content (AvgIpc) is 2.25. The highest BCUT2D eigenvalue weighted by Crippen LogP contribution is 2.22. The normalized spacial score (nSPS) is 9.73. The van der Waals surface area contributed by atoms with Crippen molar-refractivity contribution in [1.29, 1.82) is 0 Å². The lowest BCUT2D eigenvalue weighted by molar-refractivity contribution is -0.0127. The molecule has 0 atom stereocenters. The fourth-order valence-corrected chi connectivity index (χ4v) is 1.07. The molecule has 0 bridgehead atoms. The van der Waals surface area contributed by atoms with Crippen molar-refractivity contribution in [2.75, 3.05) is 26.7 Å². The van der Waals surface area contributed by atoms with Gasteiger partial charge in [0.05, 0.1) is 7.11 Å². The van der Waals surface area contributed by atoms with Crippen molar-refractivity contribution >= 4 is 11.7 Å². The van der Waals surface area contributed by atoms with Crippen LogP contribution in [0.4, 0.5) is 5.69 Å². The van der Waals surface area contributed by atoms with Crippen molar-refractivity contribution in [2.24, 2.45) is 0 Å². The molecule has 0 aliphatic carbocycles. The maximum absolute atomic E-state index is 11.5. The fourth-order valence-electron chi connectivity index (χ4n) is 1.07. The van der Waals surface area contributed by atoms with Gasteiger partial charge in [-0.25, -0.2) is 4.79 Å². The number of carbonyl (C=O) groups is 1. The van der Waals surface area contributed by atoms with E-state index in [1.807, 2.05) is 0 Å². The van der Waals surface area contributed by atoms with Gasteiger partial charge in [0.25, 0.3) is 0 Å². The minimum atomic E-state index is -0.506. The zero-order chi connectivity index (χ0) is 11.3. The molecule has 5 nitrogen and oxygen atoms in total. The molecule has 2 N–H and O–H groups in total. The van der Waals surface area contributed by atoms with Gasteiger partial charge in [0, 0.05) is 18.9 Å². The maximum atomic E-state index is 11.5. The highest BCUT2D eigenvalue weighted by Gasteiger charge is 2.13. The molecule has 1 rings (SSSR count). The summed E-state index contributed by atoms with van der Waals surface area (Å²) in [5.41, 5.74) is 6.39. The van der Waals surface area contributed by atoms with E-state index in [-0.39, 0.29) is 6.79 Å². The van der Waals surface area contributed by atoms with Gasteiger partial charge in [-0.3, -0.25) is 0 Å². The highest BCUT2D eigenvalue weighted by atomic mass is 16.7. The molecule has 0 aliphatic heterocycles. The van der Waals surface area contributed by atoms with E-state index in [0.717, 1.165) is 0 Å². The third-order valence-electron chi connectivity index (χ3n) is 1.75. The summed E-state index contributed by atoms with van der Waals surface area (Å²) in [6.45, 7) is -0.0909. The summed E-state index contributed by atoms with van der Waals surface area (Å²) in [7, 11) is 2.90. The molecule has 0 aliphatic rings. The van der Waals surface area contributed by atoms with Crippen molar-refractivity contribution < 1.29 is 19.0 Å². The van der Waals surface area contributed by atoms with Crippen molar-refractivity contribution in [2.45, 2.75) is 0 Å². The lowest BCUT2D eigenvalue weighted by Gasteiger charge is -2.08. The molecule has 0 heterocycles. The SMILES string of the molecule is COCOC(=O)c1ccc(N)cc1OC. The minimum absolute atomic E-state index is 0.0909. The van der Waals surface area contributed by atoms with Gasteiger partial charge in [-0.2, -0.15) is 0 Å². The van der Waals surface area contributed by atoms with Gasteiger partial charge in [-0.1, -0.05) is 0 Å². The van der Waals surface area contributed by atoms with Gasteiger partial charge in [0.15, 0.2) is 6.79 Å². The quantitative estimate of drug-likeness (QED) is 0.457. The molecule has 1 aromatic carbocycles. The second kappa shape index (κ2) is 5.21. The second-order valence-corrected chi connectivity index (χ2v) is 2.80. The van der Waals surface area contributed by atoms with Crippen molar-refractivity contribution in [3.63, 3.8) is 0 Å². The van der Waals surface area contributed by atoms with Crippen LogP contribution in [-0.2, 0) is 9.47 Å². The first kappa shape index (κ1) is 11.3. The number of nitrogens with two attached hydrogens (primary N) is 1. The molecule has 0 fully saturated rings. The second-order valence-electron chi connectivity index (χ2n) is 2.80. The number of ether oxygens (including phenoxy) is 3. The Labute approximate surface area is 87.7 Å². The smallest absolute Gasteiger partial charge is 0.344 e. The van der Waals surface area contributed by atoms with Gasteiger partial charge in [0.2, 0.25) is 0 Å². The van der Waals surface area contributed by atoms with Crippen LogP contribution in [0.25, 0.3) is 0 Å². The average molecular weight is 211 g/mol. The Morgan fingerprint density at radius 3 is 2.73 bits per heavy atom. The van der Waals surface area contributed by atoms with E-state index in [9.17, 15) is 4.79 Å². The molecule has 0 saturated carbocycles. The van der Waals surface area contributed by atoms with Crippen LogP contribution in [0, 0.1) is 0 Å². The molecule has 1 aromatic rings. The summed E-state index contributed by atoms with van der Waals surface area (Å²) in [5, 5.41) is 0. The Bertz CT molecular complexity index is 351. The Kier molecular flexibility index (Phi) is 3.93. The summed E-state index contributed by atoms with van der Waals surface area (Å²) in [6, 6.07) is 4.71. The summed E-state index contributed by atoms with van der Waals surface area (Å²) in [5.74, 6) is -0.121. The van der Waals surface area contributed by atoms with Crippen LogP contribution < -0.4 is 10.5 Å². The molecule has 5 heteroatoms. The Balaban J connectivity index is 2.87. The van der Waals surface area contributed by atoms with E-state index in [1.165, 1.54) is 14.2 Å². The first-order valence-corrected chi connectivity index (χ1v) is 4.28. The van der Waals surface area contributed by atoms with Crippen LogP contribution in [0.3, 0.4) is 0 Å². The molecular weight excluding hydrogens is 198 g/mol. The fraction of sp³-hybridized carbons (Fsp3) is 0.300. The molecular formula is C10H13NO4. The zero-order valence-corrected chi connectivity index (χ0v) is 8.65. The Morgan fingerprint density at radius 1 is 1.40 bits per heavy atom. The zero-order valence-electron chi connectivity index (χ0n) is 8.65. The van der Waals surface area contributed by atoms with Gasteiger partial charge >= 0.3 is 5.97 Å². The largest absolute Gasteiger partial charge is 0.496 e. The summed E-state index contributed by atoms with van der Waals surface area (Å²) >= 11 is 0. The van der Waals surface area contributed by atoms with Gasteiger partial charge in [-0.05, 0) is 12.1 Å². The summed E-state index contributed by atoms with van der Waals surface area (Å²) in [6.07, 6.45) is 0. The topological polar surface area (TPSA) is 70.8 Å². The molecule has 82 valence electrons. The molecule has 0 radical (unpaired) electrons. The first-order chi connectivity index (χ1) is 7.19. The standard InChI is InChI=1S/C10H13NO4/c1-13-6-15-10(12)8-4-3-7(11)5-9(8)14-2/h3-5H,6,11H2,1-2H3. The molecule has 0 amide bonds. The van der Waals surface area contributed by atoms with E-state index in [1.54, 1.807) is 18.2 Å². The van der Waals surface area contributed by atoms with E-state index >= 15 is 0 Å². The molecule has 0 aromatic heterocycles. The number of hydrogen-bond acceptors (Lipinski definition) is 5. The summed E-state index contributed by atoms with van der Waals surface area (Å²) < 4.78 is 14.4. The number of anilines is 1. The number of methoxy groups -OCH3 is 2.